The highest BCUT2D eigenvalue weighted by Crippen LogP contribution is 2.13. The van der Waals surface area contributed by atoms with Crippen molar-refractivity contribution in [2.75, 3.05) is 12.3 Å². The van der Waals surface area contributed by atoms with Crippen LogP contribution >= 0.6 is 0 Å². The molecule has 0 spiro atoms. The molecule has 5 heteroatoms. The van der Waals surface area contributed by atoms with E-state index in [4.69, 9.17) is 5.73 Å². The van der Waals surface area contributed by atoms with Gasteiger partial charge >= 0.3 is 0 Å². The van der Waals surface area contributed by atoms with Gasteiger partial charge in [0.15, 0.2) is 0 Å². The van der Waals surface area contributed by atoms with Crippen molar-refractivity contribution >= 4 is 22.5 Å². The molecule has 0 atom stereocenters. The van der Waals surface area contributed by atoms with Crippen molar-refractivity contribution in [2.24, 2.45) is 0 Å². The van der Waals surface area contributed by atoms with Crippen LogP contribution in [0.15, 0.2) is 35.1 Å². The van der Waals surface area contributed by atoms with Gasteiger partial charge < -0.3 is 11.1 Å². The van der Waals surface area contributed by atoms with E-state index in [1.54, 1.807) is 12.1 Å². The van der Waals surface area contributed by atoms with Gasteiger partial charge in [0.2, 0.25) is 5.91 Å². The highest BCUT2D eigenvalue weighted by molar-refractivity contribution is 5.83. The number of anilines is 1. The van der Waals surface area contributed by atoms with E-state index in [-0.39, 0.29) is 17.9 Å². The molecule has 0 aliphatic heterocycles. The van der Waals surface area contributed by atoms with Crippen LogP contribution in [0.2, 0.25) is 0 Å². The molecule has 106 valence electrons. The molecule has 2 rings (SSSR count). The number of nitrogens with two attached hydrogens (primary N) is 1. The summed E-state index contributed by atoms with van der Waals surface area (Å²) in [4.78, 5) is 23.9. The van der Waals surface area contributed by atoms with Gasteiger partial charge in [-0.05, 0) is 23.9 Å². The predicted octanol–water partition coefficient (Wildman–Crippen LogP) is 1.50. The van der Waals surface area contributed by atoms with Gasteiger partial charge in [-0.25, -0.2) is 0 Å². The fourth-order valence-electron chi connectivity index (χ4n) is 2.11. The van der Waals surface area contributed by atoms with Gasteiger partial charge in [-0.3, -0.25) is 14.2 Å². The van der Waals surface area contributed by atoms with Crippen molar-refractivity contribution in [1.82, 2.24) is 9.88 Å². The number of amides is 1. The number of carbonyl (C=O) groups is 1. The summed E-state index contributed by atoms with van der Waals surface area (Å²) in [5.74, 6) is 0.323. The lowest BCUT2D eigenvalue weighted by Crippen LogP contribution is -2.29. The number of hydrogen-bond donors (Lipinski definition) is 2. The molecule has 1 amide bonds. The Hall–Kier alpha value is -2.30. The normalized spacial score (nSPS) is 10.7. The maximum absolute atomic E-state index is 12.3. The lowest BCUT2D eigenvalue weighted by Gasteiger charge is -2.11. The van der Waals surface area contributed by atoms with Gasteiger partial charge in [-0.15, -0.1) is 0 Å². The lowest BCUT2D eigenvalue weighted by molar-refractivity contribution is -0.121. The fourth-order valence-corrected chi connectivity index (χ4v) is 2.11. The van der Waals surface area contributed by atoms with Crippen LogP contribution in [0, 0.1) is 0 Å². The molecule has 0 bridgehead atoms. The second-order valence-corrected chi connectivity index (χ2v) is 4.71. The standard InChI is InChI=1S/C15H19N3O2/c1-2-8-17-14(19)7-9-18-13(16)10-11-5-3-4-6-12(11)15(18)20/h3-6,10H,2,7-9,16H2,1H3,(H,17,19). The summed E-state index contributed by atoms with van der Waals surface area (Å²) in [7, 11) is 0. The molecule has 0 aliphatic rings. The zero-order valence-corrected chi connectivity index (χ0v) is 11.6. The summed E-state index contributed by atoms with van der Waals surface area (Å²) in [5.41, 5.74) is 5.76. The molecule has 5 nitrogen and oxygen atoms in total. The molecule has 0 saturated heterocycles. The second-order valence-electron chi connectivity index (χ2n) is 4.71. The summed E-state index contributed by atoms with van der Waals surface area (Å²) >= 11 is 0. The van der Waals surface area contributed by atoms with E-state index < -0.39 is 0 Å². The van der Waals surface area contributed by atoms with Crippen molar-refractivity contribution in [3.8, 4) is 0 Å². The molecule has 0 saturated carbocycles. The molecule has 0 aliphatic carbocycles. The molecule has 2 aromatic rings. The first-order valence-electron chi connectivity index (χ1n) is 6.78. The van der Waals surface area contributed by atoms with Gasteiger partial charge in [0.1, 0.15) is 5.82 Å². The average Bonchev–Trinajstić information content (AvgIpc) is 2.45. The summed E-state index contributed by atoms with van der Waals surface area (Å²) < 4.78 is 1.45. The first-order valence-corrected chi connectivity index (χ1v) is 6.78. The molecule has 0 radical (unpaired) electrons. The molecular formula is C15H19N3O2. The predicted molar refractivity (Wildman–Crippen MR) is 80.5 cm³/mol. The maximum Gasteiger partial charge on any atom is 0.259 e. The Balaban J connectivity index is 2.22. The highest BCUT2D eigenvalue weighted by Gasteiger charge is 2.08. The minimum absolute atomic E-state index is 0.0636. The molecular weight excluding hydrogens is 254 g/mol. The molecule has 1 aromatic heterocycles. The van der Waals surface area contributed by atoms with Crippen molar-refractivity contribution in [3.05, 3.63) is 40.7 Å². The van der Waals surface area contributed by atoms with E-state index in [0.717, 1.165) is 11.8 Å². The summed E-state index contributed by atoms with van der Waals surface area (Å²) in [6.07, 6.45) is 1.15. The van der Waals surface area contributed by atoms with Gasteiger partial charge in [0, 0.05) is 24.9 Å². The number of carbonyl (C=O) groups excluding carboxylic acids is 1. The van der Waals surface area contributed by atoms with Crippen LogP contribution in [-0.4, -0.2) is 17.0 Å². The topological polar surface area (TPSA) is 77.1 Å². The summed E-state index contributed by atoms with van der Waals surface area (Å²) in [6.45, 7) is 2.94. The van der Waals surface area contributed by atoms with Crippen LogP contribution in [0.1, 0.15) is 19.8 Å². The Morgan fingerprint density at radius 2 is 2.10 bits per heavy atom. The molecule has 1 aromatic carbocycles. The van der Waals surface area contributed by atoms with Crippen LogP contribution in [-0.2, 0) is 11.3 Å². The number of pyridine rings is 1. The van der Waals surface area contributed by atoms with E-state index in [1.807, 2.05) is 25.1 Å². The van der Waals surface area contributed by atoms with Crippen LogP contribution in [0.4, 0.5) is 5.82 Å². The number of hydrogen-bond acceptors (Lipinski definition) is 3. The summed E-state index contributed by atoms with van der Waals surface area (Å²) in [5, 5.41) is 4.23. The highest BCUT2D eigenvalue weighted by atomic mass is 16.1. The Bertz CT molecular complexity index is 676. The number of rotatable bonds is 5. The van der Waals surface area contributed by atoms with E-state index >= 15 is 0 Å². The van der Waals surface area contributed by atoms with E-state index in [0.29, 0.717) is 24.3 Å². The molecule has 0 fully saturated rings. The van der Waals surface area contributed by atoms with Crippen LogP contribution in [0.25, 0.3) is 10.8 Å². The van der Waals surface area contributed by atoms with Gasteiger partial charge in [0.25, 0.3) is 5.56 Å². The molecule has 3 N–H and O–H groups in total. The molecule has 20 heavy (non-hydrogen) atoms. The fraction of sp³-hybridized carbons (Fsp3) is 0.333. The van der Waals surface area contributed by atoms with E-state index in [2.05, 4.69) is 5.32 Å². The largest absolute Gasteiger partial charge is 0.385 e. The lowest BCUT2D eigenvalue weighted by atomic mass is 10.1. The minimum Gasteiger partial charge on any atom is -0.385 e. The number of nitrogen functional groups attached to an aromatic ring is 1. The minimum atomic E-state index is -0.149. The van der Waals surface area contributed by atoms with Gasteiger partial charge in [-0.2, -0.15) is 0 Å². The smallest absolute Gasteiger partial charge is 0.259 e. The third-order valence-electron chi connectivity index (χ3n) is 3.19. The Labute approximate surface area is 117 Å². The first-order chi connectivity index (χ1) is 9.63. The monoisotopic (exact) mass is 273 g/mol. The summed E-state index contributed by atoms with van der Waals surface area (Å²) in [6, 6.07) is 9.07. The van der Waals surface area contributed by atoms with E-state index in [9.17, 15) is 9.59 Å². The maximum atomic E-state index is 12.3. The van der Waals surface area contributed by atoms with Gasteiger partial charge in [0.05, 0.1) is 0 Å². The Morgan fingerprint density at radius 3 is 2.85 bits per heavy atom. The van der Waals surface area contributed by atoms with Crippen molar-refractivity contribution in [2.45, 2.75) is 26.3 Å². The SMILES string of the molecule is CCCNC(=O)CCn1c(N)cc2ccccc2c1=O. The quantitative estimate of drug-likeness (QED) is 0.866. The van der Waals surface area contributed by atoms with Crippen LogP contribution in [0.3, 0.4) is 0 Å². The van der Waals surface area contributed by atoms with Gasteiger partial charge in [-0.1, -0.05) is 25.1 Å². The molecule has 0 unspecified atom stereocenters. The second kappa shape index (κ2) is 6.23. The molecule has 1 heterocycles. The van der Waals surface area contributed by atoms with Crippen LogP contribution in [0.5, 0.6) is 0 Å². The Morgan fingerprint density at radius 1 is 1.35 bits per heavy atom. The number of benzene rings is 1. The number of fused-ring (bicyclic) bond motifs is 1. The number of nitrogens with zero attached hydrogens (tertiary/aromatic N) is 1. The number of nitrogens with one attached hydrogen (secondary N) is 1. The Kier molecular flexibility index (Phi) is 4.40. The zero-order valence-electron chi connectivity index (χ0n) is 11.6. The number of aromatic nitrogens is 1. The van der Waals surface area contributed by atoms with Crippen molar-refractivity contribution in [1.29, 1.82) is 0 Å². The zero-order chi connectivity index (χ0) is 14.5. The van der Waals surface area contributed by atoms with E-state index in [1.165, 1.54) is 4.57 Å². The van der Waals surface area contributed by atoms with Crippen LogP contribution < -0.4 is 16.6 Å². The van der Waals surface area contributed by atoms with Crippen molar-refractivity contribution < 1.29 is 4.79 Å². The first kappa shape index (κ1) is 14.1. The van der Waals surface area contributed by atoms with Crippen molar-refractivity contribution in [3.63, 3.8) is 0 Å². The third-order valence-corrected chi connectivity index (χ3v) is 3.19. The third kappa shape index (κ3) is 2.99. The average molecular weight is 273 g/mol.